The number of rotatable bonds is 14. The summed E-state index contributed by atoms with van der Waals surface area (Å²) >= 11 is 2.11. The minimum absolute atomic E-state index is 0.726. The molecule has 0 aromatic heterocycles. The Hall–Kier alpha value is 0.310. The molecule has 0 aliphatic carbocycles. The lowest BCUT2D eigenvalue weighted by Gasteiger charge is -2.16. The maximum atomic E-state index is 3.47. The number of hydrogen-bond acceptors (Lipinski definition) is 2. The predicted octanol–water partition coefficient (Wildman–Crippen LogP) is 5.49. The van der Waals surface area contributed by atoms with Crippen LogP contribution in [-0.2, 0) is 0 Å². The molecule has 1 unspecified atom stereocenters. The molecule has 0 heterocycles. The zero-order valence-corrected chi connectivity index (χ0v) is 14.7. The highest BCUT2D eigenvalue weighted by Gasteiger charge is 2.06. The zero-order valence-electron chi connectivity index (χ0n) is 13.8. The van der Waals surface area contributed by atoms with E-state index in [4.69, 9.17) is 0 Å². The molecule has 0 aromatic carbocycles. The molecule has 0 aromatic rings. The Kier molecular flexibility index (Phi) is 15.0. The fourth-order valence-electron chi connectivity index (χ4n) is 2.28. The van der Waals surface area contributed by atoms with E-state index in [2.05, 4.69) is 44.9 Å². The van der Waals surface area contributed by atoms with Crippen LogP contribution in [0.5, 0.6) is 0 Å². The van der Waals surface area contributed by atoms with E-state index in [9.17, 15) is 0 Å². The Balaban J connectivity index is 3.31. The standard InChI is InChI=1S/C17H37NS/c1-5-6-7-8-9-10-11-12-13-17(18-4)15-19-14-16(2)3/h16-18H,5-15H2,1-4H3. The largest absolute Gasteiger partial charge is 0.316 e. The van der Waals surface area contributed by atoms with Gasteiger partial charge >= 0.3 is 0 Å². The van der Waals surface area contributed by atoms with Crippen LogP contribution < -0.4 is 5.32 Å². The molecule has 1 N–H and O–H groups in total. The van der Waals surface area contributed by atoms with Crippen molar-refractivity contribution < 1.29 is 0 Å². The lowest BCUT2D eigenvalue weighted by molar-refractivity contribution is 0.509. The average Bonchev–Trinajstić information content (AvgIpc) is 2.39. The highest BCUT2D eigenvalue weighted by molar-refractivity contribution is 7.99. The van der Waals surface area contributed by atoms with E-state index in [1.807, 2.05) is 0 Å². The van der Waals surface area contributed by atoms with Gasteiger partial charge in [0.2, 0.25) is 0 Å². The molecule has 2 heteroatoms. The summed E-state index contributed by atoms with van der Waals surface area (Å²) in [6, 6.07) is 0.726. The Morgan fingerprint density at radius 3 is 1.95 bits per heavy atom. The minimum atomic E-state index is 0.726. The molecule has 0 saturated carbocycles. The molecule has 0 rings (SSSR count). The molecule has 0 saturated heterocycles. The molecule has 0 aliphatic rings. The van der Waals surface area contributed by atoms with Crippen LogP contribution in [0.1, 0.15) is 78.6 Å². The van der Waals surface area contributed by atoms with Crippen molar-refractivity contribution in [1.82, 2.24) is 5.32 Å². The molecule has 0 amide bonds. The zero-order chi connectivity index (χ0) is 14.3. The van der Waals surface area contributed by atoms with Gasteiger partial charge in [-0.1, -0.05) is 72.1 Å². The predicted molar refractivity (Wildman–Crippen MR) is 92.2 cm³/mol. The van der Waals surface area contributed by atoms with Crippen LogP contribution in [0.3, 0.4) is 0 Å². The molecule has 0 bridgehead atoms. The first-order valence-corrected chi connectivity index (χ1v) is 9.61. The Bertz CT molecular complexity index is 171. The maximum Gasteiger partial charge on any atom is 0.0155 e. The van der Waals surface area contributed by atoms with Crippen molar-refractivity contribution in [3.8, 4) is 0 Å². The first-order valence-electron chi connectivity index (χ1n) is 8.45. The summed E-state index contributed by atoms with van der Waals surface area (Å²) < 4.78 is 0. The Labute approximate surface area is 126 Å². The van der Waals surface area contributed by atoms with Gasteiger partial charge in [0.15, 0.2) is 0 Å². The number of unbranched alkanes of at least 4 members (excludes halogenated alkanes) is 7. The van der Waals surface area contributed by atoms with Gasteiger partial charge in [0.05, 0.1) is 0 Å². The van der Waals surface area contributed by atoms with E-state index in [0.29, 0.717) is 0 Å². The summed E-state index contributed by atoms with van der Waals surface area (Å²) in [6.07, 6.45) is 12.8. The van der Waals surface area contributed by atoms with E-state index in [1.165, 1.54) is 69.3 Å². The average molecular weight is 288 g/mol. The van der Waals surface area contributed by atoms with Crippen molar-refractivity contribution in [2.75, 3.05) is 18.6 Å². The van der Waals surface area contributed by atoms with Crippen LogP contribution in [0.4, 0.5) is 0 Å². The summed E-state index contributed by atoms with van der Waals surface area (Å²) in [5.74, 6) is 3.41. The maximum absolute atomic E-state index is 3.47. The van der Waals surface area contributed by atoms with Gasteiger partial charge < -0.3 is 5.32 Å². The summed E-state index contributed by atoms with van der Waals surface area (Å²) in [5.41, 5.74) is 0. The van der Waals surface area contributed by atoms with Gasteiger partial charge in [-0.25, -0.2) is 0 Å². The van der Waals surface area contributed by atoms with Crippen LogP contribution >= 0.6 is 11.8 Å². The van der Waals surface area contributed by atoms with E-state index in [-0.39, 0.29) is 0 Å². The van der Waals surface area contributed by atoms with Gasteiger partial charge in [-0.05, 0) is 25.1 Å². The van der Waals surface area contributed by atoms with Crippen molar-refractivity contribution in [2.45, 2.75) is 84.6 Å². The normalized spacial score (nSPS) is 13.1. The van der Waals surface area contributed by atoms with Gasteiger partial charge in [0, 0.05) is 11.8 Å². The highest BCUT2D eigenvalue weighted by atomic mass is 32.2. The van der Waals surface area contributed by atoms with Crippen LogP contribution in [0, 0.1) is 5.92 Å². The minimum Gasteiger partial charge on any atom is -0.316 e. The van der Waals surface area contributed by atoms with Crippen LogP contribution in [0.25, 0.3) is 0 Å². The van der Waals surface area contributed by atoms with E-state index in [0.717, 1.165) is 12.0 Å². The third-order valence-electron chi connectivity index (χ3n) is 3.58. The van der Waals surface area contributed by atoms with Crippen molar-refractivity contribution in [3.05, 3.63) is 0 Å². The SMILES string of the molecule is CCCCCCCCCCC(CSCC(C)C)NC. The van der Waals surface area contributed by atoms with Gasteiger partial charge in [-0.2, -0.15) is 11.8 Å². The smallest absolute Gasteiger partial charge is 0.0155 e. The molecule has 0 spiro atoms. The summed E-state index contributed by atoms with van der Waals surface area (Å²) in [5, 5.41) is 3.47. The topological polar surface area (TPSA) is 12.0 Å². The summed E-state index contributed by atoms with van der Waals surface area (Å²) in [6.45, 7) is 6.90. The lowest BCUT2D eigenvalue weighted by Crippen LogP contribution is -2.27. The summed E-state index contributed by atoms with van der Waals surface area (Å²) in [7, 11) is 2.12. The first-order chi connectivity index (χ1) is 9.20. The molecule has 116 valence electrons. The number of nitrogens with one attached hydrogen (secondary N) is 1. The van der Waals surface area contributed by atoms with Crippen molar-refractivity contribution >= 4 is 11.8 Å². The van der Waals surface area contributed by atoms with E-state index < -0.39 is 0 Å². The van der Waals surface area contributed by atoms with Crippen LogP contribution in [0.2, 0.25) is 0 Å². The first kappa shape index (κ1) is 19.3. The molecule has 1 nitrogen and oxygen atoms in total. The second-order valence-corrected chi connectivity index (χ2v) is 7.26. The third kappa shape index (κ3) is 14.5. The van der Waals surface area contributed by atoms with E-state index in [1.54, 1.807) is 0 Å². The highest BCUT2D eigenvalue weighted by Crippen LogP contribution is 2.14. The second-order valence-electron chi connectivity index (χ2n) is 6.18. The molecule has 0 fully saturated rings. The number of thioether (sulfide) groups is 1. The molecule has 1 atom stereocenters. The molecule has 0 aliphatic heterocycles. The van der Waals surface area contributed by atoms with Crippen LogP contribution in [-0.4, -0.2) is 24.6 Å². The molecular weight excluding hydrogens is 250 g/mol. The lowest BCUT2D eigenvalue weighted by atomic mass is 10.1. The van der Waals surface area contributed by atoms with Gasteiger partial charge in [-0.3, -0.25) is 0 Å². The Morgan fingerprint density at radius 1 is 0.842 bits per heavy atom. The molecular formula is C17H37NS. The molecule has 0 radical (unpaired) electrons. The fraction of sp³-hybridized carbons (Fsp3) is 1.00. The van der Waals surface area contributed by atoms with E-state index >= 15 is 0 Å². The van der Waals surface area contributed by atoms with Gasteiger partial charge in [0.25, 0.3) is 0 Å². The fourth-order valence-corrected chi connectivity index (χ4v) is 3.51. The van der Waals surface area contributed by atoms with Crippen LogP contribution in [0.15, 0.2) is 0 Å². The van der Waals surface area contributed by atoms with Gasteiger partial charge in [0.1, 0.15) is 0 Å². The number of hydrogen-bond donors (Lipinski definition) is 1. The Morgan fingerprint density at radius 2 is 1.42 bits per heavy atom. The van der Waals surface area contributed by atoms with Crippen molar-refractivity contribution in [2.24, 2.45) is 5.92 Å². The third-order valence-corrected chi connectivity index (χ3v) is 5.13. The summed E-state index contributed by atoms with van der Waals surface area (Å²) in [4.78, 5) is 0. The monoisotopic (exact) mass is 287 g/mol. The molecule has 19 heavy (non-hydrogen) atoms. The van der Waals surface area contributed by atoms with Crippen molar-refractivity contribution in [1.29, 1.82) is 0 Å². The van der Waals surface area contributed by atoms with Crippen molar-refractivity contribution in [3.63, 3.8) is 0 Å². The van der Waals surface area contributed by atoms with Gasteiger partial charge in [-0.15, -0.1) is 0 Å². The second kappa shape index (κ2) is 14.7. The quantitative estimate of drug-likeness (QED) is 0.424.